The number of carbonyl (C=O) groups excluding carboxylic acids is 2. The first-order valence-corrected chi connectivity index (χ1v) is 9.61. The second-order valence-electron chi connectivity index (χ2n) is 7.78. The lowest BCUT2D eigenvalue weighted by atomic mass is 9.94. The van der Waals surface area contributed by atoms with Crippen molar-refractivity contribution in [3.8, 4) is 0 Å². The predicted molar refractivity (Wildman–Crippen MR) is 90.3 cm³/mol. The second kappa shape index (κ2) is 7.98. The number of hydrogen-bond acceptors (Lipinski definition) is 3. The van der Waals surface area contributed by atoms with Gasteiger partial charge in [-0.15, -0.1) is 0 Å². The quantitative estimate of drug-likeness (QED) is 0.837. The molecule has 142 valence electrons. The lowest BCUT2D eigenvalue weighted by Crippen LogP contribution is -2.49. The van der Waals surface area contributed by atoms with E-state index in [1.165, 1.54) is 12.8 Å². The summed E-state index contributed by atoms with van der Waals surface area (Å²) in [7, 11) is 0. The summed E-state index contributed by atoms with van der Waals surface area (Å²) < 4.78 is 26.4. The van der Waals surface area contributed by atoms with Gasteiger partial charge in [-0.25, -0.2) is 8.78 Å². The molecule has 25 heavy (non-hydrogen) atoms. The number of rotatable bonds is 4. The van der Waals surface area contributed by atoms with Gasteiger partial charge in [0.15, 0.2) is 0 Å². The number of likely N-dealkylation sites (tertiary alicyclic amines) is 2. The van der Waals surface area contributed by atoms with Crippen LogP contribution in [0.15, 0.2) is 0 Å². The molecule has 2 saturated heterocycles. The third-order valence-electron chi connectivity index (χ3n) is 5.83. The summed E-state index contributed by atoms with van der Waals surface area (Å²) in [5.41, 5.74) is 0. The molecule has 7 heteroatoms. The molecule has 2 heterocycles. The topological polar surface area (TPSA) is 52.7 Å². The highest BCUT2D eigenvalue weighted by atomic mass is 19.3. The van der Waals surface area contributed by atoms with Gasteiger partial charge in [0.2, 0.25) is 11.8 Å². The zero-order valence-electron chi connectivity index (χ0n) is 14.8. The van der Waals surface area contributed by atoms with E-state index in [4.69, 9.17) is 0 Å². The average molecular weight is 357 g/mol. The predicted octanol–water partition coefficient (Wildman–Crippen LogP) is 2.01. The van der Waals surface area contributed by atoms with E-state index in [-0.39, 0.29) is 43.7 Å². The Morgan fingerprint density at radius 2 is 1.56 bits per heavy atom. The van der Waals surface area contributed by atoms with Crippen LogP contribution in [0.25, 0.3) is 0 Å². The molecule has 0 aromatic carbocycles. The Kier molecular flexibility index (Phi) is 5.92. The van der Waals surface area contributed by atoms with E-state index < -0.39 is 5.92 Å². The number of alkyl halides is 2. The third-order valence-corrected chi connectivity index (χ3v) is 5.83. The molecule has 1 N–H and O–H groups in total. The van der Waals surface area contributed by atoms with Crippen LogP contribution in [0, 0.1) is 5.92 Å². The van der Waals surface area contributed by atoms with E-state index in [2.05, 4.69) is 10.2 Å². The minimum atomic E-state index is -2.62. The number of piperidine rings is 2. The molecule has 0 aromatic rings. The summed E-state index contributed by atoms with van der Waals surface area (Å²) in [6.07, 6.45) is 5.53. The number of nitrogens with one attached hydrogen (secondary N) is 1. The van der Waals surface area contributed by atoms with E-state index in [0.717, 1.165) is 25.9 Å². The van der Waals surface area contributed by atoms with Crippen LogP contribution >= 0.6 is 0 Å². The lowest BCUT2D eigenvalue weighted by Gasteiger charge is -2.37. The SMILES string of the molecule is O=C(CN1CCC(C(=O)N2CCC(F)(F)CC2)CC1)NC1CCCC1. The molecule has 0 unspecified atom stereocenters. The van der Waals surface area contributed by atoms with Crippen LogP contribution in [0.3, 0.4) is 0 Å². The smallest absolute Gasteiger partial charge is 0.251 e. The maximum atomic E-state index is 13.2. The summed E-state index contributed by atoms with van der Waals surface area (Å²) >= 11 is 0. The van der Waals surface area contributed by atoms with Crippen molar-refractivity contribution < 1.29 is 18.4 Å². The Labute approximate surface area is 148 Å². The molecule has 0 spiro atoms. The summed E-state index contributed by atoms with van der Waals surface area (Å²) in [5, 5.41) is 3.09. The van der Waals surface area contributed by atoms with E-state index in [1.54, 1.807) is 4.90 Å². The highest BCUT2D eigenvalue weighted by Crippen LogP contribution is 2.29. The molecule has 5 nitrogen and oxygen atoms in total. The van der Waals surface area contributed by atoms with Gasteiger partial charge in [0.25, 0.3) is 5.92 Å². The van der Waals surface area contributed by atoms with Crippen molar-refractivity contribution in [2.75, 3.05) is 32.7 Å². The van der Waals surface area contributed by atoms with Crippen LogP contribution in [0.2, 0.25) is 0 Å². The van der Waals surface area contributed by atoms with Gasteiger partial charge in [-0.05, 0) is 38.8 Å². The maximum absolute atomic E-state index is 13.2. The molecule has 0 atom stereocenters. The van der Waals surface area contributed by atoms with Gasteiger partial charge in [0.1, 0.15) is 0 Å². The van der Waals surface area contributed by atoms with E-state index in [9.17, 15) is 18.4 Å². The van der Waals surface area contributed by atoms with Crippen LogP contribution in [0.5, 0.6) is 0 Å². The minimum absolute atomic E-state index is 0.0190. The Bertz CT molecular complexity index is 477. The lowest BCUT2D eigenvalue weighted by molar-refractivity contribution is -0.143. The van der Waals surface area contributed by atoms with Crippen molar-refractivity contribution in [3.63, 3.8) is 0 Å². The van der Waals surface area contributed by atoms with Crippen LogP contribution in [0.1, 0.15) is 51.4 Å². The summed E-state index contributed by atoms with van der Waals surface area (Å²) in [6, 6.07) is 0.337. The first-order valence-electron chi connectivity index (χ1n) is 9.61. The van der Waals surface area contributed by atoms with Gasteiger partial charge in [-0.2, -0.15) is 0 Å². The third kappa shape index (κ3) is 5.12. The van der Waals surface area contributed by atoms with Crippen molar-refractivity contribution >= 4 is 11.8 Å². The van der Waals surface area contributed by atoms with Crippen LogP contribution in [-0.2, 0) is 9.59 Å². The van der Waals surface area contributed by atoms with Gasteiger partial charge in [0, 0.05) is 37.9 Å². The van der Waals surface area contributed by atoms with E-state index in [0.29, 0.717) is 25.4 Å². The summed E-state index contributed by atoms with van der Waals surface area (Å²) in [4.78, 5) is 28.3. The number of amides is 2. The molecule has 1 saturated carbocycles. The highest BCUT2D eigenvalue weighted by Gasteiger charge is 2.38. The Morgan fingerprint density at radius 1 is 0.960 bits per heavy atom. The fraction of sp³-hybridized carbons (Fsp3) is 0.889. The largest absolute Gasteiger partial charge is 0.352 e. The van der Waals surface area contributed by atoms with Gasteiger partial charge in [-0.1, -0.05) is 12.8 Å². The summed E-state index contributed by atoms with van der Waals surface area (Å²) in [5.74, 6) is -2.60. The zero-order valence-corrected chi connectivity index (χ0v) is 14.8. The van der Waals surface area contributed by atoms with Crippen molar-refractivity contribution in [2.24, 2.45) is 5.92 Å². The number of halogens is 2. The first kappa shape index (κ1) is 18.5. The molecular formula is C18H29F2N3O2. The monoisotopic (exact) mass is 357 g/mol. The highest BCUT2D eigenvalue weighted by molar-refractivity contribution is 5.80. The number of carbonyl (C=O) groups is 2. The van der Waals surface area contributed by atoms with Crippen LogP contribution < -0.4 is 5.32 Å². The van der Waals surface area contributed by atoms with E-state index in [1.807, 2.05) is 0 Å². The molecular weight excluding hydrogens is 328 g/mol. The van der Waals surface area contributed by atoms with Crippen LogP contribution in [-0.4, -0.2) is 66.3 Å². The maximum Gasteiger partial charge on any atom is 0.251 e. The Hall–Kier alpha value is -1.24. The Morgan fingerprint density at radius 3 is 2.16 bits per heavy atom. The number of hydrogen-bond donors (Lipinski definition) is 1. The molecule has 2 amide bonds. The van der Waals surface area contributed by atoms with E-state index >= 15 is 0 Å². The molecule has 0 radical (unpaired) electrons. The fourth-order valence-electron chi connectivity index (χ4n) is 4.20. The molecule has 2 aliphatic heterocycles. The van der Waals surface area contributed by atoms with Crippen LogP contribution in [0.4, 0.5) is 8.78 Å². The molecule has 3 fully saturated rings. The van der Waals surface area contributed by atoms with Crippen molar-refractivity contribution in [1.82, 2.24) is 15.1 Å². The molecule has 1 aliphatic carbocycles. The standard InChI is InChI=1S/C18H29F2N3O2/c19-18(20)7-11-23(12-8-18)17(25)14-5-9-22(10-6-14)13-16(24)21-15-3-1-2-4-15/h14-15H,1-13H2,(H,21,24). The van der Waals surface area contributed by atoms with Gasteiger partial charge in [-0.3, -0.25) is 14.5 Å². The molecule has 3 rings (SSSR count). The van der Waals surface area contributed by atoms with Gasteiger partial charge >= 0.3 is 0 Å². The second-order valence-corrected chi connectivity index (χ2v) is 7.78. The van der Waals surface area contributed by atoms with Crippen molar-refractivity contribution in [3.05, 3.63) is 0 Å². The zero-order chi connectivity index (χ0) is 17.9. The van der Waals surface area contributed by atoms with Gasteiger partial charge in [0.05, 0.1) is 6.54 Å². The molecule has 0 aromatic heterocycles. The average Bonchev–Trinajstić information content (AvgIpc) is 3.08. The fourth-order valence-corrected chi connectivity index (χ4v) is 4.20. The van der Waals surface area contributed by atoms with Crippen molar-refractivity contribution in [1.29, 1.82) is 0 Å². The summed E-state index contributed by atoms with van der Waals surface area (Å²) in [6.45, 7) is 2.16. The first-order chi connectivity index (χ1) is 11.9. The molecule has 3 aliphatic rings. The van der Waals surface area contributed by atoms with Crippen molar-refractivity contribution in [2.45, 2.75) is 63.3 Å². The molecule has 0 bridgehead atoms. The number of nitrogens with zero attached hydrogens (tertiary/aromatic N) is 2. The normalized spacial score (nSPS) is 25.9. The van der Waals surface area contributed by atoms with Gasteiger partial charge < -0.3 is 10.2 Å². The Balaban J connectivity index is 1.38. The minimum Gasteiger partial charge on any atom is -0.352 e.